The molecule has 1 saturated carbocycles. The summed E-state index contributed by atoms with van der Waals surface area (Å²) in [5.41, 5.74) is -1.48. The van der Waals surface area contributed by atoms with E-state index in [9.17, 15) is 19.2 Å². The zero-order valence-corrected chi connectivity index (χ0v) is 20.6. The summed E-state index contributed by atoms with van der Waals surface area (Å²) in [5, 5.41) is 0. The lowest BCUT2D eigenvalue weighted by atomic mass is 9.56. The number of benzene rings is 1. The highest BCUT2D eigenvalue weighted by molar-refractivity contribution is 6.18. The maximum atomic E-state index is 14.1. The van der Waals surface area contributed by atoms with Crippen LogP contribution in [0.3, 0.4) is 0 Å². The molecule has 0 saturated heterocycles. The lowest BCUT2D eigenvalue weighted by Crippen LogP contribution is -2.58. The van der Waals surface area contributed by atoms with Gasteiger partial charge in [0.1, 0.15) is 16.9 Å². The number of carbonyl (C=O) groups excluding carboxylic acids is 4. The van der Waals surface area contributed by atoms with Crippen molar-refractivity contribution in [3.63, 3.8) is 0 Å². The predicted octanol–water partition coefficient (Wildman–Crippen LogP) is 4.49. The third-order valence-electron chi connectivity index (χ3n) is 7.31. The third-order valence-corrected chi connectivity index (χ3v) is 7.31. The maximum absolute atomic E-state index is 14.1. The van der Waals surface area contributed by atoms with Crippen molar-refractivity contribution in [2.75, 3.05) is 7.11 Å². The van der Waals surface area contributed by atoms with Crippen molar-refractivity contribution < 1.29 is 33.4 Å². The highest BCUT2D eigenvalue weighted by Crippen LogP contribution is 2.63. The topological polar surface area (TPSA) is 96.0 Å². The Morgan fingerprint density at radius 2 is 1.91 bits per heavy atom. The van der Waals surface area contributed by atoms with E-state index in [0.717, 1.165) is 5.57 Å². The molecule has 0 N–H and O–H groups in total. The largest absolute Gasteiger partial charge is 0.497 e. The summed E-state index contributed by atoms with van der Waals surface area (Å²) in [6, 6.07) is 4.73. The van der Waals surface area contributed by atoms with Crippen molar-refractivity contribution in [2.45, 2.75) is 53.6 Å². The first-order valence-electron chi connectivity index (χ1n) is 11.4. The van der Waals surface area contributed by atoms with Crippen molar-refractivity contribution >= 4 is 23.5 Å². The molecular weight excluding hydrogens is 436 g/mol. The minimum Gasteiger partial charge on any atom is -0.497 e. The van der Waals surface area contributed by atoms with Crippen LogP contribution in [0.1, 0.15) is 57.8 Å². The van der Waals surface area contributed by atoms with Gasteiger partial charge in [0.05, 0.1) is 12.7 Å². The summed E-state index contributed by atoms with van der Waals surface area (Å²) in [6.45, 7) is 12.3. The molecule has 7 nitrogen and oxygen atoms in total. The van der Waals surface area contributed by atoms with E-state index in [1.54, 1.807) is 45.1 Å². The number of methoxy groups -OCH3 is 1. The van der Waals surface area contributed by atoms with E-state index >= 15 is 0 Å². The molecule has 0 unspecified atom stereocenters. The van der Waals surface area contributed by atoms with E-state index in [0.29, 0.717) is 18.6 Å². The van der Waals surface area contributed by atoms with Crippen molar-refractivity contribution in [3.8, 4) is 11.5 Å². The van der Waals surface area contributed by atoms with Crippen LogP contribution in [0.15, 0.2) is 42.5 Å². The van der Waals surface area contributed by atoms with Crippen molar-refractivity contribution in [3.05, 3.63) is 48.1 Å². The fourth-order valence-electron chi connectivity index (χ4n) is 5.49. The number of allylic oxidation sites excluding steroid dienone is 2. The van der Waals surface area contributed by atoms with E-state index < -0.39 is 46.5 Å². The number of esters is 2. The van der Waals surface area contributed by atoms with Crippen LogP contribution in [-0.4, -0.2) is 36.7 Å². The number of hydrogen-bond acceptors (Lipinski definition) is 7. The molecule has 7 heteroatoms. The fourth-order valence-corrected chi connectivity index (χ4v) is 5.49. The molecule has 1 fully saturated rings. The Labute approximate surface area is 200 Å². The standard InChI is InChI=1S/C27H32O7/c1-8-26(6)12-11-20(16(4)23(29)22(13-15(2)3)33-17(5)28)27(26)24(30)19-10-9-18(32-7)14-21(19)34-25(27)31/h8-10,13-14,16,20,22H,1,11-12H2,2-7H3/t16-,20-,22-,26+,27+/m1/s1. The van der Waals surface area contributed by atoms with Crippen molar-refractivity contribution in [1.29, 1.82) is 0 Å². The number of ketones is 2. The smallest absolute Gasteiger partial charge is 0.326 e. The molecule has 2 aliphatic rings. The summed E-state index contributed by atoms with van der Waals surface area (Å²) < 4.78 is 16.2. The number of rotatable bonds is 7. The molecule has 1 aromatic carbocycles. The molecule has 1 aromatic rings. The summed E-state index contributed by atoms with van der Waals surface area (Å²) in [5.74, 6) is -2.88. The zero-order chi connectivity index (χ0) is 25.4. The molecule has 34 heavy (non-hydrogen) atoms. The average Bonchev–Trinajstić information content (AvgIpc) is 3.09. The molecule has 0 bridgehead atoms. The van der Waals surface area contributed by atoms with Gasteiger partial charge in [-0.05, 0) is 50.8 Å². The number of Topliss-reactive ketones (excluding diaryl/α,β-unsaturated/α-hetero) is 2. The summed E-state index contributed by atoms with van der Waals surface area (Å²) in [7, 11) is 1.48. The summed E-state index contributed by atoms with van der Waals surface area (Å²) in [4.78, 5) is 53.0. The molecule has 1 spiro atoms. The summed E-state index contributed by atoms with van der Waals surface area (Å²) >= 11 is 0. The van der Waals surface area contributed by atoms with Crippen molar-refractivity contribution in [1.82, 2.24) is 0 Å². The van der Waals surface area contributed by atoms with E-state index in [4.69, 9.17) is 14.2 Å². The van der Waals surface area contributed by atoms with Gasteiger partial charge in [-0.15, -0.1) is 6.58 Å². The number of ether oxygens (including phenoxy) is 3. The first kappa shape index (κ1) is 25.4. The molecule has 3 rings (SSSR count). The Kier molecular flexibility index (Phi) is 6.87. The van der Waals surface area contributed by atoms with Gasteiger partial charge in [0, 0.05) is 24.3 Å². The molecule has 0 amide bonds. The number of carbonyl (C=O) groups is 4. The highest BCUT2D eigenvalue weighted by Gasteiger charge is 2.70. The quantitative estimate of drug-likeness (QED) is 0.252. The summed E-state index contributed by atoms with van der Waals surface area (Å²) in [6.07, 6.45) is 3.01. The first-order valence-corrected chi connectivity index (χ1v) is 11.4. The Balaban J connectivity index is 2.13. The Bertz CT molecular complexity index is 1080. The SMILES string of the molecule is C=C[C@@]1(C)CC[C@H]([C@@H](C)C(=O)[C@@H](C=C(C)C)OC(C)=O)[C@]12C(=O)Oc1cc(OC)ccc1C2=O. The second-order valence-corrected chi connectivity index (χ2v) is 9.62. The maximum Gasteiger partial charge on any atom is 0.326 e. The molecule has 1 aliphatic heterocycles. The van der Waals surface area contributed by atoms with Gasteiger partial charge < -0.3 is 14.2 Å². The van der Waals surface area contributed by atoms with Crippen LogP contribution in [0.4, 0.5) is 0 Å². The molecule has 1 aliphatic carbocycles. The van der Waals surface area contributed by atoms with Gasteiger partial charge in [-0.25, -0.2) is 0 Å². The van der Waals surface area contributed by atoms with Gasteiger partial charge in [-0.1, -0.05) is 25.5 Å². The van der Waals surface area contributed by atoms with Crippen LogP contribution < -0.4 is 9.47 Å². The van der Waals surface area contributed by atoms with Gasteiger partial charge in [0.25, 0.3) is 0 Å². The first-order chi connectivity index (χ1) is 15.9. The van der Waals surface area contributed by atoms with Crippen LogP contribution in [0.5, 0.6) is 11.5 Å². The van der Waals surface area contributed by atoms with E-state index in [2.05, 4.69) is 6.58 Å². The monoisotopic (exact) mass is 468 g/mol. The number of fused-ring (bicyclic) bond motifs is 1. The minimum absolute atomic E-state index is 0.137. The minimum atomic E-state index is -1.63. The van der Waals surface area contributed by atoms with Gasteiger partial charge in [0.15, 0.2) is 17.7 Å². The van der Waals surface area contributed by atoms with Crippen LogP contribution in [0, 0.1) is 22.7 Å². The van der Waals surface area contributed by atoms with Crippen molar-refractivity contribution in [2.24, 2.45) is 22.7 Å². The average molecular weight is 469 g/mol. The zero-order valence-electron chi connectivity index (χ0n) is 20.6. The lowest BCUT2D eigenvalue weighted by molar-refractivity contribution is -0.156. The number of hydrogen-bond donors (Lipinski definition) is 0. The Morgan fingerprint density at radius 3 is 2.47 bits per heavy atom. The van der Waals surface area contributed by atoms with Gasteiger partial charge >= 0.3 is 11.9 Å². The van der Waals surface area contributed by atoms with Crippen LogP contribution in [0.25, 0.3) is 0 Å². The molecule has 5 atom stereocenters. The molecule has 1 heterocycles. The van der Waals surface area contributed by atoms with Gasteiger partial charge in [-0.3, -0.25) is 19.2 Å². The van der Waals surface area contributed by atoms with E-state index in [1.807, 2.05) is 6.92 Å². The van der Waals surface area contributed by atoms with Crippen LogP contribution in [0.2, 0.25) is 0 Å². The Hall–Kier alpha value is -3.22. The molecule has 0 radical (unpaired) electrons. The third kappa shape index (κ3) is 3.87. The van der Waals surface area contributed by atoms with Crippen LogP contribution in [-0.2, 0) is 19.1 Å². The molecule has 182 valence electrons. The van der Waals surface area contributed by atoms with Gasteiger partial charge in [0.2, 0.25) is 0 Å². The normalized spacial score (nSPS) is 27.3. The van der Waals surface area contributed by atoms with Crippen LogP contribution >= 0.6 is 0 Å². The highest BCUT2D eigenvalue weighted by atomic mass is 16.5. The molecular formula is C27H32O7. The lowest BCUT2D eigenvalue weighted by Gasteiger charge is -2.45. The second-order valence-electron chi connectivity index (χ2n) is 9.62. The fraction of sp³-hybridized carbons (Fsp3) is 0.481. The van der Waals surface area contributed by atoms with Gasteiger partial charge in [-0.2, -0.15) is 0 Å². The Morgan fingerprint density at radius 1 is 1.24 bits per heavy atom. The predicted molar refractivity (Wildman–Crippen MR) is 126 cm³/mol. The van der Waals surface area contributed by atoms with E-state index in [-0.39, 0.29) is 17.1 Å². The molecule has 0 aromatic heterocycles. The van der Waals surface area contributed by atoms with E-state index in [1.165, 1.54) is 20.1 Å². The second kappa shape index (κ2) is 9.20.